The van der Waals surface area contributed by atoms with Crippen LogP contribution in [0.3, 0.4) is 0 Å². The summed E-state index contributed by atoms with van der Waals surface area (Å²) in [7, 11) is -4.12. The van der Waals surface area contributed by atoms with E-state index in [1.165, 1.54) is 4.89 Å². The number of pyridine rings is 1. The third-order valence-corrected chi connectivity index (χ3v) is 2.54. The summed E-state index contributed by atoms with van der Waals surface area (Å²) in [6.45, 7) is -0.845. The van der Waals surface area contributed by atoms with Crippen LogP contribution in [0, 0.1) is 5.82 Å². The Morgan fingerprint density at radius 2 is 2.25 bits per heavy atom. The summed E-state index contributed by atoms with van der Waals surface area (Å²) in [6, 6.07) is 0.722. The number of aromatic nitrogens is 1. The molecule has 1 aromatic rings. The maximum absolute atomic E-state index is 12.7. The Hall–Kier alpha value is -1.58. The summed E-state index contributed by atoms with van der Waals surface area (Å²) >= 11 is 0. The molecule has 0 saturated heterocycles. The molecule has 7 nitrogen and oxygen atoms in total. The Morgan fingerprint density at radius 3 is 2.81 bits per heavy atom. The van der Waals surface area contributed by atoms with Gasteiger partial charge in [-0.3, -0.25) is 9.82 Å². The molecule has 0 atom stereocenters. The van der Waals surface area contributed by atoms with Crippen molar-refractivity contribution in [2.75, 3.05) is 6.61 Å². The minimum atomic E-state index is -4.12. The van der Waals surface area contributed by atoms with E-state index in [4.69, 9.17) is 5.11 Å². The maximum atomic E-state index is 12.7. The van der Waals surface area contributed by atoms with Gasteiger partial charge in [0.1, 0.15) is 10.7 Å². The van der Waals surface area contributed by atoms with Crippen molar-refractivity contribution in [3.8, 4) is 0 Å². The largest absolute Gasteiger partial charge is 0.479 e. The molecule has 0 radical (unpaired) electrons. The van der Waals surface area contributed by atoms with E-state index >= 15 is 0 Å². The van der Waals surface area contributed by atoms with Gasteiger partial charge in [0.2, 0.25) is 0 Å². The number of nitrogens with zero attached hydrogens (tertiary/aromatic N) is 1. The number of nitrogens with one attached hydrogen (secondary N) is 1. The molecule has 2 N–H and O–H groups in total. The van der Waals surface area contributed by atoms with Gasteiger partial charge in [-0.25, -0.2) is 17.6 Å². The number of carboxylic acids is 1. The lowest BCUT2D eigenvalue weighted by Gasteiger charge is -2.04. The molecule has 0 amide bonds. The van der Waals surface area contributed by atoms with Crippen molar-refractivity contribution < 1.29 is 27.5 Å². The number of carboxylic acid groups (broad SMARTS) is 1. The lowest BCUT2D eigenvalue weighted by atomic mass is 10.5. The van der Waals surface area contributed by atoms with Crippen LogP contribution in [0.1, 0.15) is 0 Å². The average Bonchev–Trinajstić information content (AvgIpc) is 2.16. The van der Waals surface area contributed by atoms with Crippen molar-refractivity contribution in [3.05, 3.63) is 24.3 Å². The zero-order valence-electron chi connectivity index (χ0n) is 7.75. The van der Waals surface area contributed by atoms with Crippen LogP contribution in [0.4, 0.5) is 4.39 Å². The van der Waals surface area contributed by atoms with E-state index in [9.17, 15) is 17.6 Å². The molecule has 0 aromatic carbocycles. The van der Waals surface area contributed by atoms with E-state index in [0.717, 1.165) is 18.5 Å². The number of aliphatic carboxylic acids is 1. The molecule has 1 aromatic heterocycles. The molecule has 0 aliphatic heterocycles. The van der Waals surface area contributed by atoms with Crippen LogP contribution < -0.4 is 4.89 Å². The molecule has 1 heterocycles. The Morgan fingerprint density at radius 1 is 1.56 bits per heavy atom. The Kier molecular flexibility index (Phi) is 3.88. The van der Waals surface area contributed by atoms with Gasteiger partial charge in [-0.15, -0.1) is 0 Å². The molecule has 0 spiro atoms. The minimum absolute atomic E-state index is 0.460. The maximum Gasteiger partial charge on any atom is 0.331 e. The van der Waals surface area contributed by atoms with E-state index in [1.807, 2.05) is 0 Å². The predicted molar refractivity (Wildman–Crippen MR) is 48.1 cm³/mol. The predicted octanol–water partition coefficient (Wildman–Crippen LogP) is -0.485. The minimum Gasteiger partial charge on any atom is -0.479 e. The first-order chi connectivity index (χ1) is 7.42. The molecule has 16 heavy (non-hydrogen) atoms. The fourth-order valence-electron chi connectivity index (χ4n) is 0.756. The smallest absolute Gasteiger partial charge is 0.331 e. The van der Waals surface area contributed by atoms with Crippen molar-refractivity contribution in [2.45, 2.75) is 4.90 Å². The van der Waals surface area contributed by atoms with Gasteiger partial charge in [-0.2, -0.15) is 0 Å². The summed E-state index contributed by atoms with van der Waals surface area (Å²) in [5, 5.41) is 8.19. The molecule has 0 fully saturated rings. The van der Waals surface area contributed by atoms with Crippen LogP contribution in [0.5, 0.6) is 0 Å². The lowest BCUT2D eigenvalue weighted by Crippen LogP contribution is -2.27. The highest BCUT2D eigenvalue weighted by Gasteiger charge is 2.15. The Balaban J connectivity index is 2.74. The van der Waals surface area contributed by atoms with Crippen molar-refractivity contribution in [1.82, 2.24) is 9.87 Å². The van der Waals surface area contributed by atoms with Gasteiger partial charge in [0.05, 0.1) is 6.20 Å². The zero-order chi connectivity index (χ0) is 12.2. The SMILES string of the molecule is O=C(O)CONS(=O)(=O)c1cncc(F)c1. The zero-order valence-corrected chi connectivity index (χ0v) is 8.57. The van der Waals surface area contributed by atoms with Crippen molar-refractivity contribution >= 4 is 16.0 Å². The van der Waals surface area contributed by atoms with E-state index in [-0.39, 0.29) is 0 Å². The molecule has 9 heteroatoms. The van der Waals surface area contributed by atoms with Gasteiger partial charge in [0.15, 0.2) is 6.61 Å². The second kappa shape index (κ2) is 4.96. The molecular formula is C7H7FN2O5S. The van der Waals surface area contributed by atoms with Crippen molar-refractivity contribution in [1.29, 1.82) is 0 Å². The number of rotatable bonds is 5. The van der Waals surface area contributed by atoms with Crippen LogP contribution in [0.15, 0.2) is 23.4 Å². The molecule has 0 aliphatic rings. The molecule has 0 bridgehead atoms. The lowest BCUT2D eigenvalue weighted by molar-refractivity contribution is -0.143. The van der Waals surface area contributed by atoms with Gasteiger partial charge < -0.3 is 5.11 Å². The van der Waals surface area contributed by atoms with Crippen molar-refractivity contribution in [2.24, 2.45) is 0 Å². The second-order valence-corrected chi connectivity index (χ2v) is 4.25. The fourth-order valence-corrected chi connectivity index (χ4v) is 1.53. The highest BCUT2D eigenvalue weighted by molar-refractivity contribution is 7.89. The quantitative estimate of drug-likeness (QED) is 0.683. The molecule has 1 rings (SSSR count). The van der Waals surface area contributed by atoms with Gasteiger partial charge in [-0.1, -0.05) is 4.89 Å². The highest BCUT2D eigenvalue weighted by atomic mass is 32.2. The standard InChI is InChI=1S/C7H7FN2O5S/c8-5-1-6(3-9-2-5)16(13,14)10-15-4-7(11)12/h1-3,10H,4H2,(H,11,12). The number of carbonyl (C=O) groups is 1. The number of halogens is 1. The first-order valence-electron chi connectivity index (χ1n) is 3.88. The van der Waals surface area contributed by atoms with E-state index in [2.05, 4.69) is 9.82 Å². The van der Waals surface area contributed by atoms with Crippen molar-refractivity contribution in [3.63, 3.8) is 0 Å². The van der Waals surface area contributed by atoms with Gasteiger partial charge in [-0.05, 0) is 6.07 Å². The molecule has 0 unspecified atom stereocenters. The fraction of sp³-hybridized carbons (Fsp3) is 0.143. The third-order valence-electron chi connectivity index (χ3n) is 1.35. The van der Waals surface area contributed by atoms with E-state index < -0.39 is 33.3 Å². The number of hydrogen-bond donors (Lipinski definition) is 2. The van der Waals surface area contributed by atoms with Gasteiger partial charge >= 0.3 is 5.97 Å². The monoisotopic (exact) mass is 250 g/mol. The number of sulfonamides is 1. The normalized spacial score (nSPS) is 11.3. The van der Waals surface area contributed by atoms with Crippen LogP contribution in [-0.2, 0) is 19.7 Å². The van der Waals surface area contributed by atoms with Crippen LogP contribution in [-0.4, -0.2) is 31.1 Å². The van der Waals surface area contributed by atoms with Crippen LogP contribution >= 0.6 is 0 Å². The molecule has 0 aliphatic carbocycles. The van der Waals surface area contributed by atoms with Crippen LogP contribution in [0.2, 0.25) is 0 Å². The summed E-state index contributed by atoms with van der Waals surface area (Å²) in [5.74, 6) is -2.18. The first kappa shape index (κ1) is 12.5. The summed E-state index contributed by atoms with van der Waals surface area (Å²) < 4.78 is 35.3. The Labute approximate surface area is 89.9 Å². The van der Waals surface area contributed by atoms with E-state index in [1.54, 1.807) is 0 Å². The molecule has 0 saturated carbocycles. The summed E-state index contributed by atoms with van der Waals surface area (Å²) in [5.41, 5.74) is 0. The second-order valence-electron chi connectivity index (χ2n) is 2.61. The Bertz CT molecular complexity index is 489. The summed E-state index contributed by atoms with van der Waals surface area (Å²) in [4.78, 5) is 18.6. The topological polar surface area (TPSA) is 106 Å². The number of hydrogen-bond acceptors (Lipinski definition) is 5. The highest BCUT2D eigenvalue weighted by Crippen LogP contribution is 2.07. The van der Waals surface area contributed by atoms with Gasteiger partial charge in [0, 0.05) is 6.20 Å². The molecular weight excluding hydrogens is 243 g/mol. The van der Waals surface area contributed by atoms with Gasteiger partial charge in [0.25, 0.3) is 10.0 Å². The van der Waals surface area contributed by atoms with E-state index in [0.29, 0.717) is 0 Å². The molecule has 88 valence electrons. The average molecular weight is 250 g/mol. The summed E-state index contributed by atoms with van der Waals surface area (Å²) in [6.07, 6.45) is 1.73. The first-order valence-corrected chi connectivity index (χ1v) is 5.36. The third kappa shape index (κ3) is 3.53. The van der Waals surface area contributed by atoms with Crippen LogP contribution in [0.25, 0.3) is 0 Å².